The van der Waals surface area contributed by atoms with Gasteiger partial charge in [-0.05, 0) is 42.7 Å². The van der Waals surface area contributed by atoms with Crippen molar-refractivity contribution < 1.29 is 19.5 Å². The van der Waals surface area contributed by atoms with E-state index in [-0.39, 0.29) is 5.91 Å². The van der Waals surface area contributed by atoms with Gasteiger partial charge in [-0.15, -0.1) is 0 Å². The Bertz CT molecular complexity index is 797. The molecule has 0 saturated heterocycles. The summed E-state index contributed by atoms with van der Waals surface area (Å²) < 4.78 is 0. The van der Waals surface area contributed by atoms with Crippen molar-refractivity contribution in [2.45, 2.75) is 32.1 Å². The van der Waals surface area contributed by atoms with Crippen LogP contribution in [0.2, 0.25) is 0 Å². The fraction of sp³-hybridized carbons (Fsp3) is 0.286. The monoisotopic (exact) mass is 368 g/mol. The first-order valence-corrected chi connectivity index (χ1v) is 8.90. The molecule has 0 unspecified atom stereocenters. The molecule has 0 atom stereocenters. The summed E-state index contributed by atoms with van der Waals surface area (Å²) in [6.45, 7) is 3.54. The molecular formula is C21H24N2O4. The number of hydrogen-bond donors (Lipinski definition) is 3. The number of benzene rings is 2. The van der Waals surface area contributed by atoms with Crippen LogP contribution in [0.5, 0.6) is 0 Å². The van der Waals surface area contributed by atoms with Crippen molar-refractivity contribution in [2.75, 3.05) is 11.9 Å². The molecule has 2 aromatic carbocycles. The van der Waals surface area contributed by atoms with E-state index >= 15 is 0 Å². The van der Waals surface area contributed by atoms with Gasteiger partial charge in [-0.1, -0.05) is 44.2 Å². The molecule has 0 aromatic heterocycles. The van der Waals surface area contributed by atoms with E-state index in [1.807, 2.05) is 44.2 Å². The lowest BCUT2D eigenvalue weighted by Crippen LogP contribution is -2.39. The molecule has 0 aliphatic heterocycles. The summed E-state index contributed by atoms with van der Waals surface area (Å²) in [5.74, 6) is -1.68. The molecule has 0 radical (unpaired) electrons. The van der Waals surface area contributed by atoms with Gasteiger partial charge in [-0.2, -0.15) is 0 Å². The van der Waals surface area contributed by atoms with Crippen molar-refractivity contribution in [1.82, 2.24) is 5.32 Å². The summed E-state index contributed by atoms with van der Waals surface area (Å²) in [5, 5.41) is 13.8. The third-order valence-corrected chi connectivity index (χ3v) is 4.77. The zero-order valence-corrected chi connectivity index (χ0v) is 15.5. The van der Waals surface area contributed by atoms with E-state index in [1.54, 1.807) is 24.3 Å². The number of carboxylic acid groups (broad SMARTS) is 1. The van der Waals surface area contributed by atoms with Gasteiger partial charge in [-0.3, -0.25) is 14.4 Å². The van der Waals surface area contributed by atoms with Crippen molar-refractivity contribution in [2.24, 2.45) is 0 Å². The zero-order valence-electron chi connectivity index (χ0n) is 15.5. The third-order valence-electron chi connectivity index (χ3n) is 4.77. The summed E-state index contributed by atoms with van der Waals surface area (Å²) in [4.78, 5) is 35.4. The van der Waals surface area contributed by atoms with Crippen LogP contribution in [0.3, 0.4) is 0 Å². The number of amides is 2. The molecule has 0 heterocycles. The van der Waals surface area contributed by atoms with Gasteiger partial charge in [0.2, 0.25) is 5.91 Å². The summed E-state index contributed by atoms with van der Waals surface area (Å²) in [7, 11) is 0. The minimum absolute atomic E-state index is 0.0956. The molecule has 2 amide bonds. The second-order valence-electron chi connectivity index (χ2n) is 6.26. The lowest BCUT2D eigenvalue weighted by atomic mass is 9.75. The molecule has 27 heavy (non-hydrogen) atoms. The Hall–Kier alpha value is -3.15. The lowest BCUT2D eigenvalue weighted by Gasteiger charge is -2.31. The van der Waals surface area contributed by atoms with Crippen LogP contribution >= 0.6 is 0 Å². The molecule has 0 bridgehead atoms. The van der Waals surface area contributed by atoms with E-state index in [2.05, 4.69) is 10.6 Å². The van der Waals surface area contributed by atoms with Gasteiger partial charge in [0, 0.05) is 11.3 Å². The van der Waals surface area contributed by atoms with Gasteiger partial charge in [0.05, 0.1) is 5.41 Å². The maximum atomic E-state index is 13.0. The van der Waals surface area contributed by atoms with E-state index in [0.29, 0.717) is 24.1 Å². The number of nitrogens with one attached hydrogen (secondary N) is 2. The van der Waals surface area contributed by atoms with E-state index in [0.717, 1.165) is 5.56 Å². The summed E-state index contributed by atoms with van der Waals surface area (Å²) in [5.41, 5.74) is 1.25. The van der Waals surface area contributed by atoms with Crippen molar-refractivity contribution >= 4 is 23.5 Å². The fourth-order valence-corrected chi connectivity index (χ4v) is 3.08. The minimum Gasteiger partial charge on any atom is -0.480 e. The molecule has 0 aliphatic carbocycles. The Morgan fingerprint density at radius 2 is 1.52 bits per heavy atom. The Morgan fingerprint density at radius 3 is 2.04 bits per heavy atom. The molecule has 0 saturated carbocycles. The Kier molecular flexibility index (Phi) is 6.71. The predicted octanol–water partition coefficient (Wildman–Crippen LogP) is 3.20. The molecule has 3 N–H and O–H groups in total. The van der Waals surface area contributed by atoms with Crippen molar-refractivity contribution in [3.05, 3.63) is 65.7 Å². The molecular weight excluding hydrogens is 344 g/mol. The fourth-order valence-electron chi connectivity index (χ4n) is 3.08. The molecule has 0 spiro atoms. The molecule has 2 rings (SSSR count). The number of hydrogen-bond acceptors (Lipinski definition) is 3. The molecule has 6 nitrogen and oxygen atoms in total. The van der Waals surface area contributed by atoms with Crippen LogP contribution in [0.1, 0.15) is 42.6 Å². The highest BCUT2D eigenvalue weighted by molar-refractivity contribution is 6.00. The average molecular weight is 368 g/mol. The number of carboxylic acids is 1. The van der Waals surface area contributed by atoms with Gasteiger partial charge in [0.1, 0.15) is 6.54 Å². The highest BCUT2D eigenvalue weighted by Gasteiger charge is 2.36. The van der Waals surface area contributed by atoms with E-state index in [9.17, 15) is 14.4 Å². The van der Waals surface area contributed by atoms with Crippen LogP contribution in [0.4, 0.5) is 5.69 Å². The molecule has 0 aliphatic rings. The van der Waals surface area contributed by atoms with Gasteiger partial charge >= 0.3 is 5.97 Å². The highest BCUT2D eigenvalue weighted by atomic mass is 16.4. The minimum atomic E-state index is -1.11. The van der Waals surface area contributed by atoms with Gasteiger partial charge in [-0.25, -0.2) is 0 Å². The normalized spacial score (nSPS) is 10.9. The van der Waals surface area contributed by atoms with Crippen molar-refractivity contribution in [3.8, 4) is 0 Å². The number of anilines is 1. The molecule has 0 fully saturated rings. The van der Waals surface area contributed by atoms with E-state index < -0.39 is 23.8 Å². The molecule has 6 heteroatoms. The maximum absolute atomic E-state index is 13.0. The van der Waals surface area contributed by atoms with E-state index in [4.69, 9.17) is 5.11 Å². The topological polar surface area (TPSA) is 95.5 Å². The molecule has 2 aromatic rings. The lowest BCUT2D eigenvalue weighted by molar-refractivity contribution is -0.135. The number of aliphatic carboxylic acids is 1. The first kappa shape index (κ1) is 20.2. The van der Waals surface area contributed by atoms with Gasteiger partial charge in [0.25, 0.3) is 5.91 Å². The maximum Gasteiger partial charge on any atom is 0.322 e. The summed E-state index contributed by atoms with van der Waals surface area (Å²) in [6, 6.07) is 16.1. The Morgan fingerprint density at radius 1 is 0.926 bits per heavy atom. The highest BCUT2D eigenvalue weighted by Crippen LogP contribution is 2.33. The second-order valence-corrected chi connectivity index (χ2v) is 6.26. The SMILES string of the molecule is CCC(CC)(C(=O)Nc1ccc(C(=O)NCC(=O)O)cc1)c1ccccc1. The van der Waals surface area contributed by atoms with Gasteiger partial charge in [0.15, 0.2) is 0 Å². The van der Waals surface area contributed by atoms with Crippen LogP contribution in [0, 0.1) is 0 Å². The first-order valence-electron chi connectivity index (χ1n) is 8.90. The van der Waals surface area contributed by atoms with Crippen LogP contribution in [0.15, 0.2) is 54.6 Å². The molecule has 142 valence electrons. The smallest absolute Gasteiger partial charge is 0.322 e. The number of carbonyl (C=O) groups is 3. The van der Waals surface area contributed by atoms with Crippen LogP contribution < -0.4 is 10.6 Å². The number of carbonyl (C=O) groups excluding carboxylic acids is 2. The van der Waals surface area contributed by atoms with Crippen molar-refractivity contribution in [1.29, 1.82) is 0 Å². The van der Waals surface area contributed by atoms with Crippen LogP contribution in [0.25, 0.3) is 0 Å². The standard InChI is InChI=1S/C21H24N2O4/c1-3-21(4-2,16-8-6-5-7-9-16)20(27)23-17-12-10-15(11-13-17)19(26)22-14-18(24)25/h5-13H,3-4,14H2,1-2H3,(H,22,26)(H,23,27)(H,24,25). The van der Waals surface area contributed by atoms with Gasteiger partial charge < -0.3 is 15.7 Å². The average Bonchev–Trinajstić information content (AvgIpc) is 2.69. The first-order chi connectivity index (χ1) is 12.9. The summed E-state index contributed by atoms with van der Waals surface area (Å²) >= 11 is 0. The Labute approximate surface area is 158 Å². The number of rotatable bonds is 8. The third kappa shape index (κ3) is 4.73. The zero-order chi connectivity index (χ0) is 19.9. The van der Waals surface area contributed by atoms with Crippen LogP contribution in [-0.2, 0) is 15.0 Å². The second kappa shape index (κ2) is 8.98. The largest absolute Gasteiger partial charge is 0.480 e. The quantitative estimate of drug-likeness (QED) is 0.667. The van der Waals surface area contributed by atoms with Crippen LogP contribution in [-0.4, -0.2) is 29.4 Å². The Balaban J connectivity index is 2.14. The van der Waals surface area contributed by atoms with E-state index in [1.165, 1.54) is 0 Å². The summed E-state index contributed by atoms with van der Waals surface area (Å²) in [6.07, 6.45) is 1.32. The predicted molar refractivity (Wildman–Crippen MR) is 104 cm³/mol. The van der Waals surface area contributed by atoms with Crippen molar-refractivity contribution in [3.63, 3.8) is 0 Å².